The lowest BCUT2D eigenvalue weighted by Crippen LogP contribution is -2.15. The number of hydrogen-bond donors (Lipinski definition) is 0. The molecule has 0 aromatic carbocycles. The standard InChI is InChI=1S/C13H26OSi/c1-5-6-7-8-9-10-11-14-12-13-15(2,3)4/h9-10,12-13H,5-8,11H2,1-4H3/b10-9+,13-12+. The predicted octanol–water partition coefficient (Wildman–Crippen LogP) is 4.53. The van der Waals surface area contributed by atoms with Crippen molar-refractivity contribution < 1.29 is 4.74 Å². The Hall–Kier alpha value is -0.503. The zero-order valence-electron chi connectivity index (χ0n) is 10.8. The van der Waals surface area contributed by atoms with E-state index in [-0.39, 0.29) is 0 Å². The van der Waals surface area contributed by atoms with Crippen LogP contribution in [0.5, 0.6) is 0 Å². The largest absolute Gasteiger partial charge is 0.498 e. The Balaban J connectivity index is 3.34. The Bertz CT molecular complexity index is 189. The van der Waals surface area contributed by atoms with Crippen LogP contribution in [0.15, 0.2) is 24.1 Å². The van der Waals surface area contributed by atoms with Gasteiger partial charge in [-0.2, -0.15) is 0 Å². The zero-order chi connectivity index (χ0) is 11.6. The molecule has 0 heterocycles. The summed E-state index contributed by atoms with van der Waals surface area (Å²) in [5.41, 5.74) is 2.22. The normalized spacial score (nSPS) is 12.8. The molecule has 0 bridgehead atoms. The average molecular weight is 226 g/mol. The topological polar surface area (TPSA) is 9.23 Å². The molecule has 0 saturated heterocycles. The van der Waals surface area contributed by atoms with E-state index in [1.165, 1.54) is 25.7 Å². The van der Waals surface area contributed by atoms with E-state index in [1.54, 1.807) is 0 Å². The van der Waals surface area contributed by atoms with E-state index in [1.807, 2.05) is 6.26 Å². The van der Waals surface area contributed by atoms with Gasteiger partial charge in [0.15, 0.2) is 0 Å². The smallest absolute Gasteiger partial charge is 0.105 e. The number of hydrogen-bond acceptors (Lipinski definition) is 1. The molecule has 0 aliphatic carbocycles. The van der Waals surface area contributed by atoms with Crippen molar-refractivity contribution >= 4 is 8.07 Å². The van der Waals surface area contributed by atoms with Crippen LogP contribution in [0.3, 0.4) is 0 Å². The third-order valence-electron chi connectivity index (χ3n) is 2.00. The molecule has 15 heavy (non-hydrogen) atoms. The summed E-state index contributed by atoms with van der Waals surface area (Å²) in [5.74, 6) is 0. The Morgan fingerprint density at radius 2 is 1.80 bits per heavy atom. The fourth-order valence-corrected chi connectivity index (χ4v) is 1.57. The first-order chi connectivity index (χ1) is 7.06. The average Bonchev–Trinajstić information content (AvgIpc) is 2.14. The molecular formula is C13H26OSi. The second-order valence-electron chi connectivity index (χ2n) is 4.97. The van der Waals surface area contributed by atoms with E-state index in [4.69, 9.17) is 4.74 Å². The number of unbranched alkanes of at least 4 members (excludes halogenated alkanes) is 3. The summed E-state index contributed by atoms with van der Waals surface area (Å²) in [4.78, 5) is 0. The third-order valence-corrected chi connectivity index (χ3v) is 3.13. The molecule has 88 valence electrons. The maximum Gasteiger partial charge on any atom is 0.105 e. The first-order valence-electron chi connectivity index (χ1n) is 6.00. The van der Waals surface area contributed by atoms with Crippen molar-refractivity contribution in [2.45, 2.75) is 52.2 Å². The minimum atomic E-state index is -1.07. The van der Waals surface area contributed by atoms with Crippen LogP contribution in [0.2, 0.25) is 19.6 Å². The van der Waals surface area contributed by atoms with Gasteiger partial charge in [-0.1, -0.05) is 57.3 Å². The first kappa shape index (κ1) is 14.5. The quantitative estimate of drug-likeness (QED) is 0.256. The second kappa shape index (κ2) is 8.78. The second-order valence-corrected chi connectivity index (χ2v) is 10.0. The lowest BCUT2D eigenvalue weighted by Gasteiger charge is -2.07. The fraction of sp³-hybridized carbons (Fsp3) is 0.692. The van der Waals surface area contributed by atoms with Crippen molar-refractivity contribution in [2.75, 3.05) is 6.61 Å². The predicted molar refractivity (Wildman–Crippen MR) is 71.7 cm³/mol. The van der Waals surface area contributed by atoms with Crippen molar-refractivity contribution in [3.8, 4) is 0 Å². The van der Waals surface area contributed by atoms with Crippen LogP contribution in [-0.4, -0.2) is 14.7 Å². The molecule has 0 spiro atoms. The summed E-state index contributed by atoms with van der Waals surface area (Å²) in [6, 6.07) is 0. The van der Waals surface area contributed by atoms with E-state index in [0.717, 1.165) is 0 Å². The van der Waals surface area contributed by atoms with Crippen molar-refractivity contribution in [2.24, 2.45) is 0 Å². The van der Waals surface area contributed by atoms with Gasteiger partial charge in [0.25, 0.3) is 0 Å². The Labute approximate surface area is 96.2 Å². The highest BCUT2D eigenvalue weighted by atomic mass is 28.3. The highest BCUT2D eigenvalue weighted by molar-refractivity contribution is 6.80. The zero-order valence-corrected chi connectivity index (χ0v) is 11.8. The molecule has 0 amide bonds. The lowest BCUT2D eigenvalue weighted by molar-refractivity contribution is 0.290. The number of rotatable bonds is 8. The Kier molecular flexibility index (Phi) is 8.48. The first-order valence-corrected chi connectivity index (χ1v) is 9.58. The summed E-state index contributed by atoms with van der Waals surface area (Å²) >= 11 is 0. The summed E-state index contributed by atoms with van der Waals surface area (Å²) in [5, 5.41) is 0. The van der Waals surface area contributed by atoms with Crippen LogP contribution in [0.25, 0.3) is 0 Å². The molecule has 0 N–H and O–H groups in total. The highest BCUT2D eigenvalue weighted by Crippen LogP contribution is 2.02. The maximum atomic E-state index is 5.38. The minimum absolute atomic E-state index is 0.715. The van der Waals surface area contributed by atoms with Crippen molar-refractivity contribution in [3.63, 3.8) is 0 Å². The van der Waals surface area contributed by atoms with E-state index in [0.29, 0.717) is 6.61 Å². The number of ether oxygens (including phenoxy) is 1. The Morgan fingerprint density at radius 3 is 2.40 bits per heavy atom. The molecule has 0 atom stereocenters. The SMILES string of the molecule is CCCCC/C=C/CO/C=C/[Si](C)(C)C. The van der Waals surface area contributed by atoms with Gasteiger partial charge < -0.3 is 4.74 Å². The third kappa shape index (κ3) is 13.5. The monoisotopic (exact) mass is 226 g/mol. The minimum Gasteiger partial charge on any atom is -0.498 e. The molecule has 1 nitrogen and oxygen atoms in total. The van der Waals surface area contributed by atoms with E-state index in [9.17, 15) is 0 Å². The van der Waals surface area contributed by atoms with Crippen LogP contribution in [-0.2, 0) is 4.74 Å². The Morgan fingerprint density at radius 1 is 1.07 bits per heavy atom. The summed E-state index contributed by atoms with van der Waals surface area (Å²) in [7, 11) is -1.07. The van der Waals surface area contributed by atoms with Gasteiger partial charge in [-0.05, 0) is 12.8 Å². The van der Waals surface area contributed by atoms with Crippen molar-refractivity contribution in [1.82, 2.24) is 0 Å². The molecule has 2 heteroatoms. The maximum absolute atomic E-state index is 5.38. The van der Waals surface area contributed by atoms with Gasteiger partial charge >= 0.3 is 0 Å². The van der Waals surface area contributed by atoms with Crippen molar-refractivity contribution in [3.05, 3.63) is 24.1 Å². The van der Waals surface area contributed by atoms with Crippen LogP contribution in [0, 0.1) is 0 Å². The van der Waals surface area contributed by atoms with Gasteiger partial charge in [0.1, 0.15) is 6.61 Å². The van der Waals surface area contributed by atoms with Gasteiger partial charge in [0, 0.05) is 0 Å². The molecule has 0 unspecified atom stereocenters. The molecule has 0 aromatic rings. The van der Waals surface area contributed by atoms with E-state index < -0.39 is 8.07 Å². The van der Waals surface area contributed by atoms with Gasteiger partial charge in [-0.15, -0.1) is 0 Å². The molecule has 0 aromatic heterocycles. The van der Waals surface area contributed by atoms with Gasteiger partial charge in [-0.25, -0.2) is 0 Å². The number of allylic oxidation sites excluding steroid dienone is 1. The lowest BCUT2D eigenvalue weighted by atomic mass is 10.2. The van der Waals surface area contributed by atoms with Crippen LogP contribution in [0.4, 0.5) is 0 Å². The summed E-state index contributed by atoms with van der Waals surface area (Å²) < 4.78 is 5.38. The molecule has 0 rings (SSSR count). The van der Waals surface area contributed by atoms with Crippen LogP contribution >= 0.6 is 0 Å². The molecule has 0 saturated carbocycles. The highest BCUT2D eigenvalue weighted by Gasteiger charge is 2.06. The summed E-state index contributed by atoms with van der Waals surface area (Å²) in [6.07, 6.45) is 11.3. The van der Waals surface area contributed by atoms with Crippen LogP contribution < -0.4 is 0 Å². The molecule has 0 aliphatic rings. The van der Waals surface area contributed by atoms with Gasteiger partial charge in [0.2, 0.25) is 0 Å². The van der Waals surface area contributed by atoms with E-state index in [2.05, 4.69) is 44.4 Å². The summed E-state index contributed by atoms with van der Waals surface area (Å²) in [6.45, 7) is 9.84. The van der Waals surface area contributed by atoms with Gasteiger partial charge in [-0.3, -0.25) is 0 Å². The fourth-order valence-electron chi connectivity index (χ4n) is 1.06. The van der Waals surface area contributed by atoms with Crippen LogP contribution in [0.1, 0.15) is 32.6 Å². The van der Waals surface area contributed by atoms with E-state index >= 15 is 0 Å². The van der Waals surface area contributed by atoms with Gasteiger partial charge in [0.05, 0.1) is 14.3 Å². The molecule has 0 aliphatic heterocycles. The molecular weight excluding hydrogens is 200 g/mol. The molecule has 0 radical (unpaired) electrons. The van der Waals surface area contributed by atoms with Crippen molar-refractivity contribution in [1.29, 1.82) is 0 Å². The molecule has 0 fully saturated rings.